The van der Waals surface area contributed by atoms with Crippen molar-refractivity contribution in [3.8, 4) is 0 Å². The van der Waals surface area contributed by atoms with Crippen LogP contribution in [0.5, 0.6) is 0 Å². The molecule has 1 rings (SSSR count). The summed E-state index contributed by atoms with van der Waals surface area (Å²) in [5.74, 6) is 0.729. The summed E-state index contributed by atoms with van der Waals surface area (Å²) in [4.78, 5) is 2.66. The van der Waals surface area contributed by atoms with Crippen molar-refractivity contribution in [2.45, 2.75) is 59.9 Å². The molecule has 0 amide bonds. The highest BCUT2D eigenvalue weighted by molar-refractivity contribution is 4.85. The monoisotopic (exact) mass is 284 g/mol. The van der Waals surface area contributed by atoms with Crippen LogP contribution >= 0.6 is 0 Å². The fourth-order valence-corrected chi connectivity index (χ4v) is 3.25. The van der Waals surface area contributed by atoms with Crippen molar-refractivity contribution in [1.29, 1.82) is 0 Å². The molecule has 0 bridgehead atoms. The van der Waals surface area contributed by atoms with Gasteiger partial charge in [-0.3, -0.25) is 4.90 Å². The number of morpholine rings is 1. The maximum Gasteiger partial charge on any atom is 0.0622 e. The zero-order valence-electron chi connectivity index (χ0n) is 14.4. The Labute approximate surface area is 126 Å². The van der Waals surface area contributed by atoms with Crippen molar-refractivity contribution >= 4 is 0 Å². The Hall–Kier alpha value is -0.120. The van der Waals surface area contributed by atoms with E-state index in [0.29, 0.717) is 11.5 Å². The maximum absolute atomic E-state index is 5.63. The van der Waals surface area contributed by atoms with Gasteiger partial charge < -0.3 is 10.1 Å². The molecule has 2 atom stereocenters. The summed E-state index contributed by atoms with van der Waals surface area (Å²) in [6, 6.07) is 0.616. The molecular weight excluding hydrogens is 248 g/mol. The molecular formula is C17H36N2O. The van der Waals surface area contributed by atoms with E-state index in [4.69, 9.17) is 4.74 Å². The fraction of sp³-hybridized carbons (Fsp3) is 1.00. The summed E-state index contributed by atoms with van der Waals surface area (Å²) in [5, 5.41) is 3.67. The fourth-order valence-electron chi connectivity index (χ4n) is 3.25. The molecule has 1 aliphatic heterocycles. The summed E-state index contributed by atoms with van der Waals surface area (Å²) in [7, 11) is 0. The van der Waals surface area contributed by atoms with Crippen LogP contribution in [0.4, 0.5) is 0 Å². The standard InChI is InChI=1S/C17H36N2O/c1-6-8-17(5,13-18-11-15(3)4)14-19-9-10-20-12-16(19)7-2/h15-16,18H,6-14H2,1-5H3. The third kappa shape index (κ3) is 6.11. The molecule has 2 unspecified atom stereocenters. The summed E-state index contributed by atoms with van der Waals surface area (Å²) in [6.07, 6.45) is 3.76. The first-order chi connectivity index (χ1) is 9.50. The Morgan fingerprint density at radius 1 is 1.35 bits per heavy atom. The van der Waals surface area contributed by atoms with Crippen molar-refractivity contribution < 1.29 is 4.74 Å². The smallest absolute Gasteiger partial charge is 0.0622 e. The van der Waals surface area contributed by atoms with E-state index in [9.17, 15) is 0 Å². The highest BCUT2D eigenvalue weighted by Crippen LogP contribution is 2.26. The third-order valence-electron chi connectivity index (χ3n) is 4.36. The third-order valence-corrected chi connectivity index (χ3v) is 4.36. The van der Waals surface area contributed by atoms with Gasteiger partial charge in [-0.15, -0.1) is 0 Å². The molecule has 0 radical (unpaired) electrons. The Balaban J connectivity index is 2.54. The summed E-state index contributed by atoms with van der Waals surface area (Å²) < 4.78 is 5.63. The van der Waals surface area contributed by atoms with Gasteiger partial charge in [0.05, 0.1) is 13.2 Å². The van der Waals surface area contributed by atoms with E-state index in [1.54, 1.807) is 0 Å². The lowest BCUT2D eigenvalue weighted by atomic mass is 9.84. The highest BCUT2D eigenvalue weighted by Gasteiger charge is 2.30. The van der Waals surface area contributed by atoms with Crippen molar-refractivity contribution in [1.82, 2.24) is 10.2 Å². The molecule has 0 aliphatic carbocycles. The van der Waals surface area contributed by atoms with Crippen LogP contribution in [0.2, 0.25) is 0 Å². The molecule has 1 fully saturated rings. The van der Waals surface area contributed by atoms with Gasteiger partial charge in [0.25, 0.3) is 0 Å². The Bertz CT molecular complexity index is 257. The number of nitrogens with one attached hydrogen (secondary N) is 1. The van der Waals surface area contributed by atoms with Gasteiger partial charge in [0.1, 0.15) is 0 Å². The highest BCUT2D eigenvalue weighted by atomic mass is 16.5. The number of hydrogen-bond acceptors (Lipinski definition) is 3. The molecule has 0 saturated carbocycles. The number of ether oxygens (including phenoxy) is 1. The van der Waals surface area contributed by atoms with Gasteiger partial charge >= 0.3 is 0 Å². The predicted octanol–water partition coefficient (Wildman–Crippen LogP) is 3.15. The SMILES string of the molecule is CCCC(C)(CNCC(C)C)CN1CCOCC1CC. The van der Waals surface area contributed by atoms with E-state index in [1.165, 1.54) is 25.8 Å². The molecule has 0 aromatic rings. The van der Waals surface area contributed by atoms with Crippen LogP contribution < -0.4 is 5.32 Å². The molecule has 0 aromatic heterocycles. The largest absolute Gasteiger partial charge is 0.378 e. The molecule has 0 aromatic carbocycles. The maximum atomic E-state index is 5.63. The topological polar surface area (TPSA) is 24.5 Å². The zero-order valence-corrected chi connectivity index (χ0v) is 14.4. The van der Waals surface area contributed by atoms with Crippen molar-refractivity contribution in [3.05, 3.63) is 0 Å². The molecule has 3 nitrogen and oxygen atoms in total. The van der Waals surface area contributed by atoms with Crippen molar-refractivity contribution in [2.24, 2.45) is 11.3 Å². The van der Waals surface area contributed by atoms with E-state index in [-0.39, 0.29) is 0 Å². The quantitative estimate of drug-likeness (QED) is 0.704. The molecule has 1 aliphatic rings. The summed E-state index contributed by atoms with van der Waals surface area (Å²) >= 11 is 0. The minimum Gasteiger partial charge on any atom is -0.378 e. The van der Waals surface area contributed by atoms with Gasteiger partial charge in [0.15, 0.2) is 0 Å². The second kappa shape index (κ2) is 9.01. The van der Waals surface area contributed by atoms with E-state index in [0.717, 1.165) is 38.8 Å². The molecule has 3 heteroatoms. The predicted molar refractivity (Wildman–Crippen MR) is 87.2 cm³/mol. The minimum absolute atomic E-state index is 0.383. The average Bonchev–Trinajstić information content (AvgIpc) is 2.39. The van der Waals surface area contributed by atoms with Crippen molar-refractivity contribution in [2.75, 3.05) is 39.4 Å². The van der Waals surface area contributed by atoms with Gasteiger partial charge in [-0.1, -0.05) is 41.0 Å². The minimum atomic E-state index is 0.383. The van der Waals surface area contributed by atoms with E-state index >= 15 is 0 Å². The van der Waals surface area contributed by atoms with Crippen LogP contribution in [0, 0.1) is 11.3 Å². The lowest BCUT2D eigenvalue weighted by Crippen LogP contribution is -2.51. The van der Waals surface area contributed by atoms with Gasteiger partial charge in [0.2, 0.25) is 0 Å². The summed E-state index contributed by atoms with van der Waals surface area (Å²) in [6.45, 7) is 18.0. The molecule has 1 heterocycles. The van der Waals surface area contributed by atoms with Crippen LogP contribution in [-0.2, 0) is 4.74 Å². The Kier molecular flexibility index (Phi) is 8.08. The molecule has 1 N–H and O–H groups in total. The Morgan fingerprint density at radius 2 is 2.10 bits per heavy atom. The second-order valence-corrected chi connectivity index (χ2v) is 7.19. The lowest BCUT2D eigenvalue weighted by molar-refractivity contribution is -0.0271. The van der Waals surface area contributed by atoms with Crippen LogP contribution in [0.15, 0.2) is 0 Å². The average molecular weight is 284 g/mol. The number of rotatable bonds is 9. The number of hydrogen-bond donors (Lipinski definition) is 1. The van der Waals surface area contributed by atoms with Crippen LogP contribution in [-0.4, -0.2) is 50.3 Å². The lowest BCUT2D eigenvalue weighted by Gasteiger charge is -2.42. The second-order valence-electron chi connectivity index (χ2n) is 7.19. The molecule has 0 spiro atoms. The van der Waals surface area contributed by atoms with Gasteiger partial charge in [-0.2, -0.15) is 0 Å². The van der Waals surface area contributed by atoms with E-state index in [2.05, 4.69) is 44.8 Å². The number of nitrogens with zero attached hydrogens (tertiary/aromatic N) is 1. The molecule has 1 saturated heterocycles. The zero-order chi connectivity index (χ0) is 15.0. The van der Waals surface area contributed by atoms with Gasteiger partial charge in [-0.05, 0) is 30.7 Å². The van der Waals surface area contributed by atoms with Gasteiger partial charge in [-0.25, -0.2) is 0 Å². The first-order valence-electron chi connectivity index (χ1n) is 8.53. The van der Waals surface area contributed by atoms with E-state index in [1.807, 2.05) is 0 Å². The van der Waals surface area contributed by atoms with Crippen LogP contribution in [0.1, 0.15) is 53.9 Å². The van der Waals surface area contributed by atoms with Crippen molar-refractivity contribution in [3.63, 3.8) is 0 Å². The van der Waals surface area contributed by atoms with E-state index < -0.39 is 0 Å². The van der Waals surface area contributed by atoms with Crippen LogP contribution in [0.25, 0.3) is 0 Å². The molecule has 20 heavy (non-hydrogen) atoms. The normalized spacial score (nSPS) is 24.0. The first kappa shape index (κ1) is 17.9. The first-order valence-corrected chi connectivity index (χ1v) is 8.53. The summed E-state index contributed by atoms with van der Waals surface area (Å²) in [5.41, 5.74) is 0.383. The van der Waals surface area contributed by atoms with Crippen LogP contribution in [0.3, 0.4) is 0 Å². The molecule has 120 valence electrons. The van der Waals surface area contributed by atoms with Gasteiger partial charge in [0, 0.05) is 25.7 Å². The Morgan fingerprint density at radius 3 is 2.70 bits per heavy atom.